The Bertz CT molecular complexity index is 1000. The second kappa shape index (κ2) is 7.31. The first-order chi connectivity index (χ1) is 13.2. The highest BCUT2D eigenvalue weighted by molar-refractivity contribution is 5.93. The van der Waals surface area contributed by atoms with E-state index in [9.17, 15) is 4.79 Å². The highest BCUT2D eigenvalue weighted by Crippen LogP contribution is 2.45. The Kier molecular flexibility index (Phi) is 4.71. The number of allylic oxidation sites excluding steroid dienone is 1. The monoisotopic (exact) mass is 361 g/mol. The Labute approximate surface area is 159 Å². The van der Waals surface area contributed by atoms with Gasteiger partial charge in [-0.3, -0.25) is 0 Å². The third-order valence-electron chi connectivity index (χ3n) is 5.33. The first-order valence-corrected chi connectivity index (χ1v) is 9.21. The molecule has 0 N–H and O–H groups in total. The van der Waals surface area contributed by atoms with Gasteiger partial charge in [0.15, 0.2) is 0 Å². The molecule has 1 aliphatic rings. The average molecular weight is 361 g/mol. The van der Waals surface area contributed by atoms with E-state index in [0.717, 1.165) is 30.5 Å². The minimum absolute atomic E-state index is 0.190. The molecule has 4 rings (SSSR count). The minimum Gasteiger partial charge on any atom is -0.496 e. The Balaban J connectivity index is 1.86. The molecule has 0 bridgehead atoms. The largest absolute Gasteiger partial charge is 0.496 e. The summed E-state index contributed by atoms with van der Waals surface area (Å²) in [5, 5.41) is 1.16. The summed E-state index contributed by atoms with van der Waals surface area (Å²) in [4.78, 5) is 11.6. The molecule has 0 fully saturated rings. The van der Waals surface area contributed by atoms with Crippen LogP contribution in [-0.2, 0) is 22.5 Å². The second-order valence-corrected chi connectivity index (χ2v) is 6.81. The number of carbonyl (C=O) groups is 1. The highest BCUT2D eigenvalue weighted by Gasteiger charge is 2.30. The lowest BCUT2D eigenvalue weighted by atomic mass is 9.99. The molecule has 0 saturated carbocycles. The van der Waals surface area contributed by atoms with Crippen molar-refractivity contribution in [2.45, 2.75) is 25.3 Å². The zero-order chi connectivity index (χ0) is 18.8. The van der Waals surface area contributed by atoms with Crippen molar-refractivity contribution in [1.29, 1.82) is 0 Å². The van der Waals surface area contributed by atoms with Crippen molar-refractivity contribution in [2.24, 2.45) is 0 Å². The molecule has 27 heavy (non-hydrogen) atoms. The summed E-state index contributed by atoms with van der Waals surface area (Å²) in [6.45, 7) is 0.827. The normalized spacial score (nSPS) is 16.0. The fourth-order valence-electron chi connectivity index (χ4n) is 4.13. The Morgan fingerprint density at radius 2 is 1.96 bits per heavy atom. The van der Waals surface area contributed by atoms with Gasteiger partial charge >= 0.3 is 5.97 Å². The van der Waals surface area contributed by atoms with Crippen molar-refractivity contribution in [3.8, 4) is 5.75 Å². The van der Waals surface area contributed by atoms with E-state index in [0.29, 0.717) is 0 Å². The molecule has 1 atom stereocenters. The number of ether oxygens (including phenoxy) is 2. The van der Waals surface area contributed by atoms with E-state index in [4.69, 9.17) is 9.47 Å². The SMILES string of the molecule is COC(=O)C=CC1CCc2c1c1c(OC)cccc1n2Cc1ccccc1. The minimum atomic E-state index is -0.316. The van der Waals surface area contributed by atoms with Gasteiger partial charge in [0, 0.05) is 29.6 Å². The van der Waals surface area contributed by atoms with Crippen LogP contribution in [0.5, 0.6) is 5.75 Å². The second-order valence-electron chi connectivity index (χ2n) is 6.81. The predicted molar refractivity (Wildman–Crippen MR) is 106 cm³/mol. The third-order valence-corrected chi connectivity index (χ3v) is 5.33. The highest BCUT2D eigenvalue weighted by atomic mass is 16.5. The lowest BCUT2D eigenvalue weighted by molar-refractivity contribution is -0.134. The van der Waals surface area contributed by atoms with Crippen LogP contribution in [0.15, 0.2) is 60.7 Å². The maximum absolute atomic E-state index is 11.6. The molecule has 0 radical (unpaired) electrons. The van der Waals surface area contributed by atoms with E-state index in [1.165, 1.54) is 35.5 Å². The maximum atomic E-state index is 11.6. The van der Waals surface area contributed by atoms with E-state index in [2.05, 4.69) is 34.9 Å². The quantitative estimate of drug-likeness (QED) is 0.498. The van der Waals surface area contributed by atoms with Gasteiger partial charge in [-0.2, -0.15) is 0 Å². The van der Waals surface area contributed by atoms with Crippen molar-refractivity contribution in [3.05, 3.63) is 77.5 Å². The Morgan fingerprint density at radius 1 is 1.15 bits per heavy atom. The van der Waals surface area contributed by atoms with Crippen LogP contribution < -0.4 is 4.74 Å². The van der Waals surface area contributed by atoms with Crippen LogP contribution in [0.2, 0.25) is 0 Å². The molecule has 1 heterocycles. The molecule has 4 nitrogen and oxygen atoms in total. The first-order valence-electron chi connectivity index (χ1n) is 9.21. The topological polar surface area (TPSA) is 40.5 Å². The molecule has 0 amide bonds. The van der Waals surface area contributed by atoms with Gasteiger partial charge in [-0.1, -0.05) is 42.5 Å². The first kappa shape index (κ1) is 17.4. The molecule has 2 aromatic carbocycles. The zero-order valence-electron chi connectivity index (χ0n) is 15.6. The summed E-state index contributed by atoms with van der Waals surface area (Å²) in [6.07, 6.45) is 5.48. The molecule has 1 aliphatic carbocycles. The Hall–Kier alpha value is -3.01. The van der Waals surface area contributed by atoms with Gasteiger partial charge in [0.2, 0.25) is 0 Å². The number of hydrogen-bond donors (Lipinski definition) is 0. The molecule has 1 aromatic heterocycles. The maximum Gasteiger partial charge on any atom is 0.330 e. The number of aromatic nitrogens is 1. The zero-order valence-corrected chi connectivity index (χ0v) is 15.6. The van der Waals surface area contributed by atoms with Crippen LogP contribution in [0.3, 0.4) is 0 Å². The van der Waals surface area contributed by atoms with Gasteiger partial charge in [-0.15, -0.1) is 0 Å². The summed E-state index contributed by atoms with van der Waals surface area (Å²) in [7, 11) is 3.12. The number of esters is 1. The molecular formula is C23H23NO3. The van der Waals surface area contributed by atoms with E-state index in [-0.39, 0.29) is 11.9 Å². The number of fused-ring (bicyclic) bond motifs is 3. The summed E-state index contributed by atoms with van der Waals surface area (Å²) in [6, 6.07) is 16.7. The number of rotatable bonds is 5. The fraction of sp³-hybridized carbons (Fsp3) is 0.261. The Morgan fingerprint density at radius 3 is 2.70 bits per heavy atom. The number of hydrogen-bond acceptors (Lipinski definition) is 3. The van der Waals surface area contributed by atoms with E-state index in [1.54, 1.807) is 7.11 Å². The third kappa shape index (κ3) is 3.12. The molecule has 3 aromatic rings. The number of nitrogens with zero attached hydrogens (tertiary/aromatic N) is 1. The summed E-state index contributed by atoms with van der Waals surface area (Å²) in [5.41, 5.74) is 5.06. The molecule has 0 aliphatic heterocycles. The molecular weight excluding hydrogens is 338 g/mol. The van der Waals surface area contributed by atoms with Crippen LogP contribution in [0.4, 0.5) is 0 Å². The summed E-state index contributed by atoms with van der Waals surface area (Å²) in [5.74, 6) is 0.757. The fourth-order valence-corrected chi connectivity index (χ4v) is 4.13. The molecule has 4 heteroatoms. The van der Waals surface area contributed by atoms with Gasteiger partial charge in [0.05, 0.1) is 19.7 Å². The standard InChI is InChI=1S/C23H23NO3/c1-26-20-10-6-9-18-23(20)22-17(12-14-21(25)27-2)11-13-19(22)24(18)15-16-7-4-3-5-8-16/h3-10,12,14,17H,11,13,15H2,1-2H3. The van der Waals surface area contributed by atoms with Gasteiger partial charge in [-0.05, 0) is 36.1 Å². The predicted octanol–water partition coefficient (Wildman–Crippen LogP) is 4.46. The van der Waals surface area contributed by atoms with Crippen LogP contribution >= 0.6 is 0 Å². The number of benzene rings is 2. The number of carbonyl (C=O) groups excluding carboxylic acids is 1. The van der Waals surface area contributed by atoms with E-state index in [1.807, 2.05) is 24.3 Å². The smallest absolute Gasteiger partial charge is 0.330 e. The molecule has 0 saturated heterocycles. The van der Waals surface area contributed by atoms with Crippen LogP contribution in [0.25, 0.3) is 10.9 Å². The molecule has 138 valence electrons. The molecule has 1 unspecified atom stereocenters. The van der Waals surface area contributed by atoms with Gasteiger partial charge < -0.3 is 14.0 Å². The van der Waals surface area contributed by atoms with Gasteiger partial charge in [-0.25, -0.2) is 4.79 Å². The number of methoxy groups -OCH3 is 2. The lowest BCUT2D eigenvalue weighted by Crippen LogP contribution is -2.03. The summed E-state index contributed by atoms with van der Waals surface area (Å²) < 4.78 is 12.8. The summed E-state index contributed by atoms with van der Waals surface area (Å²) >= 11 is 0. The van der Waals surface area contributed by atoms with Crippen LogP contribution in [0, 0.1) is 0 Å². The average Bonchev–Trinajstić information content (AvgIpc) is 3.26. The van der Waals surface area contributed by atoms with Crippen LogP contribution in [0.1, 0.15) is 29.2 Å². The van der Waals surface area contributed by atoms with Gasteiger partial charge in [0.1, 0.15) is 5.75 Å². The van der Waals surface area contributed by atoms with Gasteiger partial charge in [0.25, 0.3) is 0 Å². The van der Waals surface area contributed by atoms with Crippen molar-refractivity contribution < 1.29 is 14.3 Å². The van der Waals surface area contributed by atoms with Crippen molar-refractivity contribution in [3.63, 3.8) is 0 Å². The lowest BCUT2D eigenvalue weighted by Gasteiger charge is -2.11. The molecule has 0 spiro atoms. The van der Waals surface area contributed by atoms with Crippen molar-refractivity contribution >= 4 is 16.9 Å². The van der Waals surface area contributed by atoms with E-state index >= 15 is 0 Å². The van der Waals surface area contributed by atoms with Crippen LogP contribution in [-0.4, -0.2) is 24.8 Å². The van der Waals surface area contributed by atoms with Crippen molar-refractivity contribution in [1.82, 2.24) is 4.57 Å². The van der Waals surface area contributed by atoms with E-state index < -0.39 is 0 Å². The van der Waals surface area contributed by atoms with Crippen molar-refractivity contribution in [2.75, 3.05) is 14.2 Å².